The third-order valence-corrected chi connectivity index (χ3v) is 4.20. The Bertz CT molecular complexity index is 767. The number of aryl methyl sites for hydroxylation is 1. The van der Waals surface area contributed by atoms with Crippen LogP contribution in [-0.4, -0.2) is 37.9 Å². The summed E-state index contributed by atoms with van der Waals surface area (Å²) in [6, 6.07) is -0.580. The van der Waals surface area contributed by atoms with E-state index in [1.807, 2.05) is 13.8 Å². The fourth-order valence-electron chi connectivity index (χ4n) is 2.31. The SMILES string of the molecule is CCCNC(=O)c1nn(CC)cc1NC(=O)[C@@H](C)n1ncc(Cl)c1C. The molecule has 2 N–H and O–H groups in total. The Hall–Kier alpha value is -2.35. The van der Waals surface area contributed by atoms with Crippen LogP contribution in [0.15, 0.2) is 12.4 Å². The first-order valence-electron chi connectivity index (χ1n) is 8.25. The molecule has 2 heterocycles. The van der Waals surface area contributed by atoms with Crippen LogP contribution in [0.2, 0.25) is 5.02 Å². The summed E-state index contributed by atoms with van der Waals surface area (Å²) >= 11 is 5.99. The van der Waals surface area contributed by atoms with Crippen LogP contribution in [0.3, 0.4) is 0 Å². The molecule has 0 saturated carbocycles. The van der Waals surface area contributed by atoms with Crippen molar-refractivity contribution in [1.82, 2.24) is 24.9 Å². The largest absolute Gasteiger partial charge is 0.351 e. The summed E-state index contributed by atoms with van der Waals surface area (Å²) in [6.07, 6.45) is 3.96. The van der Waals surface area contributed by atoms with Gasteiger partial charge in [-0.05, 0) is 27.2 Å². The molecule has 8 nitrogen and oxygen atoms in total. The molecule has 2 aromatic rings. The van der Waals surface area contributed by atoms with E-state index in [-0.39, 0.29) is 17.5 Å². The summed E-state index contributed by atoms with van der Waals surface area (Å²) < 4.78 is 3.15. The van der Waals surface area contributed by atoms with Gasteiger partial charge < -0.3 is 10.6 Å². The Kier molecular flexibility index (Phi) is 6.19. The van der Waals surface area contributed by atoms with Crippen LogP contribution in [0.1, 0.15) is 49.4 Å². The van der Waals surface area contributed by atoms with Crippen LogP contribution in [-0.2, 0) is 11.3 Å². The van der Waals surface area contributed by atoms with Crippen LogP contribution >= 0.6 is 11.6 Å². The fourth-order valence-corrected chi connectivity index (χ4v) is 2.44. The Balaban J connectivity index is 2.20. The van der Waals surface area contributed by atoms with E-state index in [0.717, 1.165) is 6.42 Å². The molecule has 0 bridgehead atoms. The number of carbonyl (C=O) groups is 2. The van der Waals surface area contributed by atoms with Crippen LogP contribution in [0.5, 0.6) is 0 Å². The quantitative estimate of drug-likeness (QED) is 0.786. The maximum atomic E-state index is 12.6. The lowest BCUT2D eigenvalue weighted by Gasteiger charge is -2.14. The summed E-state index contributed by atoms with van der Waals surface area (Å²) in [5.74, 6) is -0.613. The standard InChI is InChI=1S/C16H23ClN6O2/c1-5-7-18-16(25)14-13(9-22(6-2)21-14)20-15(24)11(4)23-10(3)12(17)8-19-23/h8-9,11H,5-7H2,1-4H3,(H,18,25)(H,20,24)/t11-/m1/s1. The smallest absolute Gasteiger partial charge is 0.273 e. The number of carbonyl (C=O) groups excluding carboxylic acids is 2. The monoisotopic (exact) mass is 366 g/mol. The molecule has 0 aromatic carbocycles. The highest BCUT2D eigenvalue weighted by Crippen LogP contribution is 2.20. The summed E-state index contributed by atoms with van der Waals surface area (Å²) in [4.78, 5) is 24.8. The highest BCUT2D eigenvalue weighted by molar-refractivity contribution is 6.31. The van der Waals surface area contributed by atoms with Crippen molar-refractivity contribution in [2.45, 2.75) is 46.7 Å². The predicted octanol–water partition coefficient (Wildman–Crippen LogP) is 2.40. The first kappa shape index (κ1) is 19.0. The maximum Gasteiger partial charge on any atom is 0.273 e. The van der Waals surface area contributed by atoms with E-state index in [1.165, 1.54) is 6.20 Å². The first-order chi connectivity index (χ1) is 11.9. The normalized spacial score (nSPS) is 12.0. The number of hydrogen-bond acceptors (Lipinski definition) is 4. The molecule has 136 valence electrons. The van der Waals surface area contributed by atoms with E-state index in [9.17, 15) is 9.59 Å². The Labute approximate surface area is 151 Å². The van der Waals surface area contributed by atoms with E-state index < -0.39 is 6.04 Å². The number of nitrogens with zero attached hydrogens (tertiary/aromatic N) is 4. The lowest BCUT2D eigenvalue weighted by molar-refractivity contribution is -0.119. The molecular weight excluding hydrogens is 344 g/mol. The summed E-state index contributed by atoms with van der Waals surface area (Å²) in [5.41, 5.74) is 1.28. The van der Waals surface area contributed by atoms with Gasteiger partial charge in [-0.25, -0.2) is 0 Å². The van der Waals surface area contributed by atoms with E-state index >= 15 is 0 Å². The van der Waals surface area contributed by atoms with Gasteiger partial charge in [0, 0.05) is 19.3 Å². The second-order valence-electron chi connectivity index (χ2n) is 5.69. The van der Waals surface area contributed by atoms with E-state index in [1.54, 1.807) is 29.4 Å². The van der Waals surface area contributed by atoms with Crippen molar-refractivity contribution < 1.29 is 9.59 Å². The van der Waals surface area contributed by atoms with Gasteiger partial charge in [-0.1, -0.05) is 18.5 Å². The van der Waals surface area contributed by atoms with Gasteiger partial charge in [0.15, 0.2) is 5.69 Å². The Morgan fingerprint density at radius 3 is 2.64 bits per heavy atom. The molecule has 25 heavy (non-hydrogen) atoms. The first-order valence-corrected chi connectivity index (χ1v) is 8.62. The van der Waals surface area contributed by atoms with Gasteiger partial charge in [-0.15, -0.1) is 0 Å². The molecule has 0 fully saturated rings. The van der Waals surface area contributed by atoms with Crippen molar-refractivity contribution in [3.8, 4) is 0 Å². The van der Waals surface area contributed by atoms with Gasteiger partial charge in [-0.3, -0.25) is 19.0 Å². The van der Waals surface area contributed by atoms with Gasteiger partial charge in [0.05, 0.1) is 22.6 Å². The molecule has 0 unspecified atom stereocenters. The van der Waals surface area contributed by atoms with Gasteiger partial charge >= 0.3 is 0 Å². The van der Waals surface area contributed by atoms with Gasteiger partial charge in [0.25, 0.3) is 5.91 Å². The molecule has 2 aromatic heterocycles. The second-order valence-corrected chi connectivity index (χ2v) is 6.10. The third-order valence-electron chi connectivity index (χ3n) is 3.83. The molecule has 1 atom stereocenters. The number of aromatic nitrogens is 4. The molecule has 2 amide bonds. The minimum atomic E-state index is -0.580. The van der Waals surface area contributed by atoms with Crippen molar-refractivity contribution in [2.24, 2.45) is 0 Å². The molecule has 0 radical (unpaired) electrons. The van der Waals surface area contributed by atoms with E-state index in [4.69, 9.17) is 11.6 Å². The zero-order valence-corrected chi connectivity index (χ0v) is 15.6. The lowest BCUT2D eigenvalue weighted by Crippen LogP contribution is -2.28. The van der Waals surface area contributed by atoms with Crippen LogP contribution in [0, 0.1) is 6.92 Å². The van der Waals surface area contributed by atoms with E-state index in [2.05, 4.69) is 20.8 Å². The highest BCUT2D eigenvalue weighted by Gasteiger charge is 2.23. The summed E-state index contributed by atoms with van der Waals surface area (Å²) in [7, 11) is 0. The predicted molar refractivity (Wildman–Crippen MR) is 95.8 cm³/mol. The molecular formula is C16H23ClN6O2. The number of nitrogens with one attached hydrogen (secondary N) is 2. The number of halogens is 1. The molecule has 0 aliphatic heterocycles. The van der Waals surface area contributed by atoms with Gasteiger partial charge in [0.1, 0.15) is 6.04 Å². The van der Waals surface area contributed by atoms with E-state index in [0.29, 0.717) is 29.5 Å². The topological polar surface area (TPSA) is 93.8 Å². The molecule has 2 rings (SSSR count). The van der Waals surface area contributed by atoms with Gasteiger partial charge in [0.2, 0.25) is 5.91 Å². The summed E-state index contributed by atoms with van der Waals surface area (Å²) in [6.45, 7) is 8.52. The number of anilines is 1. The van der Waals surface area contributed by atoms with Crippen molar-refractivity contribution >= 4 is 29.1 Å². The zero-order chi connectivity index (χ0) is 18.6. The minimum Gasteiger partial charge on any atom is -0.351 e. The van der Waals surface area contributed by atoms with Crippen molar-refractivity contribution in [3.05, 3.63) is 28.8 Å². The Morgan fingerprint density at radius 2 is 2.08 bits per heavy atom. The van der Waals surface area contributed by atoms with Crippen LogP contribution in [0.4, 0.5) is 5.69 Å². The zero-order valence-electron chi connectivity index (χ0n) is 14.8. The van der Waals surface area contributed by atoms with Gasteiger partial charge in [-0.2, -0.15) is 10.2 Å². The average molecular weight is 367 g/mol. The number of hydrogen-bond donors (Lipinski definition) is 2. The van der Waals surface area contributed by atoms with Crippen molar-refractivity contribution in [3.63, 3.8) is 0 Å². The highest BCUT2D eigenvalue weighted by atomic mass is 35.5. The number of amides is 2. The molecule has 0 spiro atoms. The molecule has 0 aliphatic rings. The van der Waals surface area contributed by atoms with Crippen molar-refractivity contribution in [2.75, 3.05) is 11.9 Å². The molecule has 0 saturated heterocycles. The molecule has 9 heteroatoms. The average Bonchev–Trinajstić information content (AvgIpc) is 3.16. The lowest BCUT2D eigenvalue weighted by atomic mass is 10.2. The third kappa shape index (κ3) is 4.19. The van der Waals surface area contributed by atoms with Crippen molar-refractivity contribution in [1.29, 1.82) is 0 Å². The summed E-state index contributed by atoms with van der Waals surface area (Å²) in [5, 5.41) is 14.4. The number of rotatable bonds is 7. The van der Waals surface area contributed by atoms with Crippen LogP contribution in [0.25, 0.3) is 0 Å². The maximum absolute atomic E-state index is 12.6. The van der Waals surface area contributed by atoms with Crippen LogP contribution < -0.4 is 10.6 Å². The Morgan fingerprint density at radius 1 is 1.36 bits per heavy atom. The minimum absolute atomic E-state index is 0.200. The second kappa shape index (κ2) is 8.15. The fraction of sp³-hybridized carbons (Fsp3) is 0.500. The molecule has 0 aliphatic carbocycles.